The van der Waals surface area contributed by atoms with Gasteiger partial charge in [0.05, 0.1) is 23.7 Å². The van der Waals surface area contributed by atoms with Crippen molar-refractivity contribution in [1.29, 1.82) is 5.26 Å². The van der Waals surface area contributed by atoms with Crippen LogP contribution in [0.5, 0.6) is 0 Å². The number of carbonyl (C=O) groups is 1. The number of rotatable bonds is 5. The largest absolute Gasteiger partial charge is 0.481 e. The Hall–Kier alpha value is -3.80. The van der Waals surface area contributed by atoms with Crippen LogP contribution in [-0.2, 0) is 10.2 Å². The zero-order chi connectivity index (χ0) is 24.4. The van der Waals surface area contributed by atoms with Crippen molar-refractivity contribution in [3.05, 3.63) is 59.2 Å². The molecule has 2 N–H and O–H groups in total. The molecule has 0 spiro atoms. The second kappa shape index (κ2) is 7.62. The Morgan fingerprint density at radius 1 is 1.26 bits per heavy atom. The van der Waals surface area contributed by atoms with Gasteiger partial charge >= 0.3 is 5.97 Å². The first-order chi connectivity index (χ1) is 16.1. The Balaban J connectivity index is 1.92. The van der Waals surface area contributed by atoms with Crippen LogP contribution in [0.1, 0.15) is 50.3 Å². The molecule has 174 valence electrons. The summed E-state index contributed by atoms with van der Waals surface area (Å²) in [4.78, 5) is 11.5. The average Bonchev–Trinajstić information content (AvgIpc) is 3.33. The fourth-order valence-corrected chi connectivity index (χ4v) is 5.12. The van der Waals surface area contributed by atoms with Gasteiger partial charge in [-0.05, 0) is 42.5 Å². The number of carboxylic acid groups (broad SMARTS) is 1. The van der Waals surface area contributed by atoms with E-state index in [9.17, 15) is 23.9 Å². The number of H-pyrrole nitrogens is 1. The molecule has 0 saturated heterocycles. The van der Waals surface area contributed by atoms with E-state index in [1.165, 1.54) is 12.3 Å². The van der Waals surface area contributed by atoms with Crippen molar-refractivity contribution in [2.45, 2.75) is 44.4 Å². The molecule has 1 aliphatic carbocycles. The summed E-state index contributed by atoms with van der Waals surface area (Å²) in [6.07, 6.45) is 2.20. The van der Waals surface area contributed by atoms with E-state index in [1.54, 1.807) is 10.6 Å². The van der Waals surface area contributed by atoms with Crippen molar-refractivity contribution in [3.8, 4) is 11.8 Å². The minimum absolute atomic E-state index is 0.0795. The maximum Gasteiger partial charge on any atom is 0.306 e. The third-order valence-electron chi connectivity index (χ3n) is 6.86. The normalized spacial score (nSPS) is 18.2. The predicted octanol–water partition coefficient (Wildman–Crippen LogP) is 5.69. The topological polar surface area (TPSA) is 94.7 Å². The van der Waals surface area contributed by atoms with E-state index < -0.39 is 34.8 Å². The van der Waals surface area contributed by atoms with Crippen molar-refractivity contribution in [2.75, 3.05) is 0 Å². The Morgan fingerprint density at radius 2 is 2.00 bits per heavy atom. The molecule has 0 unspecified atom stereocenters. The summed E-state index contributed by atoms with van der Waals surface area (Å²) in [5, 5.41) is 26.3. The van der Waals surface area contributed by atoms with Crippen LogP contribution < -0.4 is 0 Å². The predicted molar refractivity (Wildman–Crippen MR) is 119 cm³/mol. The Labute approximate surface area is 192 Å². The number of benzene rings is 2. The number of aliphatic carboxylic acids is 1. The zero-order valence-electron chi connectivity index (χ0n) is 18.5. The van der Waals surface area contributed by atoms with Gasteiger partial charge in [0.15, 0.2) is 17.5 Å². The molecule has 1 aliphatic rings. The van der Waals surface area contributed by atoms with Gasteiger partial charge in [-0.15, -0.1) is 0 Å². The summed E-state index contributed by atoms with van der Waals surface area (Å²) in [5.41, 5.74) is 1.30. The molecule has 5 rings (SSSR count). The molecule has 0 bridgehead atoms. The minimum atomic E-state index is -1.05. The zero-order valence-corrected chi connectivity index (χ0v) is 18.5. The van der Waals surface area contributed by atoms with Crippen LogP contribution in [0.2, 0.25) is 0 Å². The highest BCUT2D eigenvalue weighted by Crippen LogP contribution is 2.51. The number of hydrogen-bond acceptors (Lipinski definition) is 3. The van der Waals surface area contributed by atoms with E-state index in [2.05, 4.69) is 16.3 Å². The van der Waals surface area contributed by atoms with Gasteiger partial charge in [0.2, 0.25) is 0 Å². The molecule has 34 heavy (non-hydrogen) atoms. The van der Waals surface area contributed by atoms with Crippen molar-refractivity contribution in [2.24, 2.45) is 5.92 Å². The summed E-state index contributed by atoms with van der Waals surface area (Å²) in [6.45, 7) is 3.67. The van der Waals surface area contributed by atoms with Crippen LogP contribution in [0.15, 0.2) is 30.5 Å². The molecule has 0 atom stereocenters. The number of nitriles is 1. The van der Waals surface area contributed by atoms with Gasteiger partial charge in [0.1, 0.15) is 5.52 Å². The first-order valence-corrected chi connectivity index (χ1v) is 10.9. The third-order valence-corrected chi connectivity index (χ3v) is 6.86. The molecule has 1 fully saturated rings. The van der Waals surface area contributed by atoms with Gasteiger partial charge in [0, 0.05) is 40.1 Å². The standard InChI is InChI=1S/C25H21F3N4O2/c1-25(2,5-6-29)23-19(12-7-13(8-12)24(33)34)20-18(9-14-11-30-31-22(14)21(20)28)32(23)15-3-4-16(26)17(27)10-15/h3-4,9-13H,5,7-8H2,1-2H3,(H,30,31)(H,33,34). The molecule has 2 aromatic heterocycles. The molecule has 0 amide bonds. The molecule has 1 saturated carbocycles. The lowest BCUT2D eigenvalue weighted by Crippen LogP contribution is -2.31. The van der Waals surface area contributed by atoms with Gasteiger partial charge in [-0.2, -0.15) is 10.4 Å². The van der Waals surface area contributed by atoms with E-state index in [0.717, 1.165) is 12.1 Å². The average molecular weight is 466 g/mol. The lowest BCUT2D eigenvalue weighted by molar-refractivity contribution is -0.145. The Morgan fingerprint density at radius 3 is 2.65 bits per heavy atom. The fourth-order valence-electron chi connectivity index (χ4n) is 5.12. The first-order valence-electron chi connectivity index (χ1n) is 10.9. The Bertz CT molecular complexity index is 1510. The second-order valence-corrected chi connectivity index (χ2v) is 9.54. The number of hydrogen-bond donors (Lipinski definition) is 2. The maximum atomic E-state index is 16.0. The van der Waals surface area contributed by atoms with Crippen LogP contribution >= 0.6 is 0 Å². The lowest BCUT2D eigenvalue weighted by atomic mass is 9.68. The number of halogens is 3. The van der Waals surface area contributed by atoms with Crippen molar-refractivity contribution in [3.63, 3.8) is 0 Å². The highest BCUT2D eigenvalue weighted by Gasteiger charge is 2.42. The summed E-state index contributed by atoms with van der Waals surface area (Å²) < 4.78 is 45.7. The summed E-state index contributed by atoms with van der Waals surface area (Å²) in [5.74, 6) is -4.33. The fraction of sp³-hybridized carbons (Fsp3) is 0.320. The van der Waals surface area contributed by atoms with Crippen molar-refractivity contribution < 1.29 is 23.1 Å². The summed E-state index contributed by atoms with van der Waals surface area (Å²) in [6, 6.07) is 7.35. The molecular weight excluding hydrogens is 445 g/mol. The smallest absolute Gasteiger partial charge is 0.306 e. The van der Waals surface area contributed by atoms with Gasteiger partial charge in [-0.3, -0.25) is 9.89 Å². The highest BCUT2D eigenvalue weighted by molar-refractivity contribution is 6.00. The van der Waals surface area contributed by atoms with Crippen LogP contribution in [0.3, 0.4) is 0 Å². The van der Waals surface area contributed by atoms with Crippen LogP contribution in [0, 0.1) is 34.7 Å². The molecule has 9 heteroatoms. The van der Waals surface area contributed by atoms with E-state index >= 15 is 4.39 Å². The lowest BCUT2D eigenvalue weighted by Gasteiger charge is -2.36. The number of aromatic amines is 1. The number of fused-ring (bicyclic) bond motifs is 2. The monoisotopic (exact) mass is 466 g/mol. The maximum absolute atomic E-state index is 16.0. The molecule has 0 aliphatic heterocycles. The van der Waals surface area contributed by atoms with Crippen molar-refractivity contribution in [1.82, 2.24) is 14.8 Å². The number of nitrogens with zero attached hydrogens (tertiary/aromatic N) is 3. The van der Waals surface area contributed by atoms with Crippen LogP contribution in [0.4, 0.5) is 13.2 Å². The molecule has 4 aromatic rings. The number of aromatic nitrogens is 3. The van der Waals surface area contributed by atoms with Gasteiger partial charge in [-0.1, -0.05) is 13.8 Å². The van der Waals surface area contributed by atoms with E-state index in [1.807, 2.05) is 13.8 Å². The van der Waals surface area contributed by atoms with E-state index in [4.69, 9.17) is 0 Å². The van der Waals surface area contributed by atoms with Crippen LogP contribution in [-0.4, -0.2) is 25.8 Å². The summed E-state index contributed by atoms with van der Waals surface area (Å²) in [7, 11) is 0. The first kappa shape index (κ1) is 22.0. The van der Waals surface area contributed by atoms with Gasteiger partial charge in [-0.25, -0.2) is 13.2 Å². The highest BCUT2D eigenvalue weighted by atomic mass is 19.2. The molecule has 6 nitrogen and oxygen atoms in total. The van der Waals surface area contributed by atoms with Gasteiger partial charge < -0.3 is 9.67 Å². The third kappa shape index (κ3) is 3.16. The number of carboxylic acids is 1. The molecule has 2 heterocycles. The Kier molecular flexibility index (Phi) is 4.93. The van der Waals surface area contributed by atoms with Gasteiger partial charge in [0.25, 0.3) is 0 Å². The quantitative estimate of drug-likeness (QED) is 0.395. The second-order valence-electron chi connectivity index (χ2n) is 9.54. The van der Waals surface area contributed by atoms with Crippen LogP contribution in [0.25, 0.3) is 27.5 Å². The number of nitrogens with one attached hydrogen (secondary N) is 1. The van der Waals surface area contributed by atoms with E-state index in [-0.39, 0.29) is 28.9 Å². The van der Waals surface area contributed by atoms with E-state index in [0.29, 0.717) is 35.0 Å². The SMILES string of the molecule is CC(C)(CC#N)c1c(C2CC(C(=O)O)C2)c2c(F)c3[nH]ncc3cc2n1-c1ccc(F)c(F)c1. The summed E-state index contributed by atoms with van der Waals surface area (Å²) >= 11 is 0. The molecule has 0 radical (unpaired) electrons. The molecule has 2 aromatic carbocycles. The minimum Gasteiger partial charge on any atom is -0.481 e. The molecular formula is C25H21F3N4O2. The van der Waals surface area contributed by atoms with Crippen molar-refractivity contribution >= 4 is 27.8 Å².